The van der Waals surface area contributed by atoms with E-state index in [-0.39, 0.29) is 29.2 Å². The van der Waals surface area contributed by atoms with Gasteiger partial charge in [0.15, 0.2) is 5.65 Å². The van der Waals surface area contributed by atoms with E-state index in [0.717, 1.165) is 62.9 Å². The molecule has 48 heavy (non-hydrogen) atoms. The van der Waals surface area contributed by atoms with Gasteiger partial charge in [-0.1, -0.05) is 6.42 Å². The number of hydrogen-bond donors (Lipinski definition) is 2. The minimum Gasteiger partial charge on any atom is -0.490 e. The molecule has 0 amide bonds. The van der Waals surface area contributed by atoms with E-state index in [1.54, 1.807) is 13.2 Å². The summed E-state index contributed by atoms with van der Waals surface area (Å²) in [4.78, 5) is 27.8. The molecule has 2 aliphatic rings. The number of benzene rings is 2. The molecule has 2 N–H and O–H groups in total. The Hall–Kier alpha value is -4.23. The summed E-state index contributed by atoms with van der Waals surface area (Å²) in [6.07, 6.45) is 0.134. The monoisotopic (exact) mass is 669 g/mol. The minimum absolute atomic E-state index is 0.00731. The van der Waals surface area contributed by atoms with Gasteiger partial charge in [-0.25, -0.2) is 14.4 Å². The fourth-order valence-corrected chi connectivity index (χ4v) is 6.77. The largest absolute Gasteiger partial charge is 0.490 e. The van der Waals surface area contributed by atoms with E-state index in [2.05, 4.69) is 14.9 Å². The molecule has 0 radical (unpaired) electrons. The fraction of sp³-hybridized carbons (Fsp3) is 0.457. The number of anilines is 1. The zero-order valence-electron chi connectivity index (χ0n) is 26.9. The highest BCUT2D eigenvalue weighted by atomic mass is 19.4. The highest BCUT2D eigenvalue weighted by molar-refractivity contribution is 5.91. The second kappa shape index (κ2) is 13.7. The number of hydrogen-bond acceptors (Lipinski definition) is 7. The summed E-state index contributed by atoms with van der Waals surface area (Å²) in [5.41, 5.74) is 1.42. The molecule has 1 aliphatic heterocycles. The standard InChI is InChI=1S/C35H39F4N5O4/c1-43(20-34(21-47-2)11-3-12-34)29-19-28(23-16-24(35(37,38)39)18-25(36)17-23)40-33-31(29)41-32(42-33)22-4-6-26(7-5-22)48-27-8-13-44(14-9-27)15-10-30(45)46/h4-7,16-19,27H,3,8-15,20-21H2,1-2H3,(H,45,46)(H,40,41,42). The molecule has 0 bridgehead atoms. The van der Waals surface area contributed by atoms with Gasteiger partial charge < -0.3 is 29.4 Å². The number of aliphatic carboxylic acids is 1. The lowest BCUT2D eigenvalue weighted by Gasteiger charge is -2.44. The van der Waals surface area contributed by atoms with Crippen LogP contribution in [-0.4, -0.2) is 84.0 Å². The number of nitrogens with one attached hydrogen (secondary N) is 1. The maximum absolute atomic E-state index is 14.5. The second-order valence-corrected chi connectivity index (χ2v) is 13.0. The zero-order chi connectivity index (χ0) is 34.1. The third kappa shape index (κ3) is 7.57. The van der Waals surface area contributed by atoms with Crippen molar-refractivity contribution >= 4 is 22.8 Å². The number of pyridine rings is 1. The molecule has 3 heterocycles. The Morgan fingerprint density at radius 1 is 1.08 bits per heavy atom. The highest BCUT2D eigenvalue weighted by Gasteiger charge is 2.38. The van der Waals surface area contributed by atoms with Crippen molar-refractivity contribution in [3.63, 3.8) is 0 Å². The molecule has 2 aromatic heterocycles. The molecule has 4 aromatic rings. The Bertz CT molecular complexity index is 1750. The number of carboxylic acids is 1. The van der Waals surface area contributed by atoms with Gasteiger partial charge in [0.25, 0.3) is 0 Å². The van der Waals surface area contributed by atoms with E-state index < -0.39 is 23.5 Å². The van der Waals surface area contributed by atoms with Crippen molar-refractivity contribution in [3.05, 3.63) is 59.9 Å². The van der Waals surface area contributed by atoms with Crippen molar-refractivity contribution in [1.82, 2.24) is 19.9 Å². The van der Waals surface area contributed by atoms with E-state index in [0.29, 0.717) is 54.2 Å². The van der Waals surface area contributed by atoms with Crippen molar-refractivity contribution in [2.45, 2.75) is 50.8 Å². The van der Waals surface area contributed by atoms with Gasteiger partial charge in [-0.3, -0.25) is 4.79 Å². The molecule has 1 saturated carbocycles. The van der Waals surface area contributed by atoms with Crippen LogP contribution in [0.15, 0.2) is 48.5 Å². The van der Waals surface area contributed by atoms with E-state index in [1.165, 1.54) is 0 Å². The summed E-state index contributed by atoms with van der Waals surface area (Å²) in [6.45, 7) is 3.33. The van der Waals surface area contributed by atoms with Crippen LogP contribution in [0.1, 0.15) is 44.1 Å². The Balaban J connectivity index is 1.28. The number of piperidine rings is 1. The maximum Gasteiger partial charge on any atom is 0.416 e. The van der Waals surface area contributed by atoms with Crippen LogP contribution < -0.4 is 9.64 Å². The lowest BCUT2D eigenvalue weighted by atomic mass is 9.69. The molecule has 0 atom stereocenters. The summed E-state index contributed by atoms with van der Waals surface area (Å²) < 4.78 is 67.0. The van der Waals surface area contributed by atoms with Crippen LogP contribution in [0.5, 0.6) is 5.75 Å². The van der Waals surface area contributed by atoms with Gasteiger partial charge in [0.05, 0.1) is 30.0 Å². The number of halogens is 4. The average molecular weight is 670 g/mol. The van der Waals surface area contributed by atoms with Gasteiger partial charge >= 0.3 is 12.1 Å². The number of aromatic nitrogens is 3. The number of ether oxygens (including phenoxy) is 2. The molecular formula is C35H39F4N5O4. The molecule has 256 valence electrons. The number of fused-ring (bicyclic) bond motifs is 1. The van der Waals surface area contributed by atoms with Crippen molar-refractivity contribution in [3.8, 4) is 28.4 Å². The van der Waals surface area contributed by atoms with Gasteiger partial charge in [-0.2, -0.15) is 13.2 Å². The number of H-pyrrole nitrogens is 1. The average Bonchev–Trinajstić information content (AvgIpc) is 3.47. The van der Waals surface area contributed by atoms with Crippen LogP contribution in [0.25, 0.3) is 33.8 Å². The first kappa shape index (κ1) is 33.7. The number of likely N-dealkylation sites (tertiary alicyclic amines) is 1. The molecule has 9 nitrogen and oxygen atoms in total. The zero-order valence-corrected chi connectivity index (χ0v) is 26.9. The molecule has 1 saturated heterocycles. The number of carboxylic acid groups (broad SMARTS) is 1. The number of methoxy groups -OCH3 is 1. The van der Waals surface area contributed by atoms with Crippen molar-refractivity contribution in [1.29, 1.82) is 0 Å². The van der Waals surface area contributed by atoms with Crippen LogP contribution in [0.2, 0.25) is 0 Å². The topological polar surface area (TPSA) is 104 Å². The van der Waals surface area contributed by atoms with Crippen LogP contribution in [0.4, 0.5) is 23.2 Å². The molecule has 0 unspecified atom stereocenters. The van der Waals surface area contributed by atoms with Gasteiger partial charge in [-0.05, 0) is 74.2 Å². The van der Waals surface area contributed by atoms with Gasteiger partial charge in [0, 0.05) is 56.9 Å². The van der Waals surface area contributed by atoms with Crippen LogP contribution >= 0.6 is 0 Å². The summed E-state index contributed by atoms with van der Waals surface area (Å²) in [7, 11) is 3.60. The SMILES string of the molecule is COCC1(CN(C)c2cc(-c3cc(F)cc(C(F)(F)F)c3)nc3nc(-c4ccc(OC5CCN(CCC(=O)O)CC5)cc4)[nH]c23)CCC1. The molecule has 1 aliphatic carbocycles. The van der Waals surface area contributed by atoms with Gasteiger partial charge in [0.2, 0.25) is 0 Å². The second-order valence-electron chi connectivity index (χ2n) is 13.0. The predicted molar refractivity (Wildman–Crippen MR) is 173 cm³/mol. The van der Waals surface area contributed by atoms with E-state index in [1.807, 2.05) is 36.2 Å². The molecule has 13 heteroatoms. The molecular weight excluding hydrogens is 630 g/mol. The summed E-state index contributed by atoms with van der Waals surface area (Å²) >= 11 is 0. The first-order chi connectivity index (χ1) is 22.9. The Kier molecular flexibility index (Phi) is 9.62. The molecule has 2 fully saturated rings. The van der Waals surface area contributed by atoms with Gasteiger partial charge in [0.1, 0.15) is 29.0 Å². The summed E-state index contributed by atoms with van der Waals surface area (Å²) in [5.74, 6) is -0.574. The van der Waals surface area contributed by atoms with E-state index >= 15 is 0 Å². The number of nitrogens with zero attached hydrogens (tertiary/aromatic N) is 4. The lowest BCUT2D eigenvalue weighted by Crippen LogP contribution is -2.44. The lowest BCUT2D eigenvalue weighted by molar-refractivity contribution is -0.138. The predicted octanol–water partition coefficient (Wildman–Crippen LogP) is 7.02. The Labute approximate surface area is 275 Å². The van der Waals surface area contributed by atoms with E-state index in [4.69, 9.17) is 19.6 Å². The molecule has 6 rings (SSSR count). The fourth-order valence-electron chi connectivity index (χ4n) is 6.77. The normalized spacial score (nSPS) is 17.0. The summed E-state index contributed by atoms with van der Waals surface area (Å²) in [6, 6.07) is 11.6. The molecule has 0 spiro atoms. The highest BCUT2D eigenvalue weighted by Crippen LogP contribution is 2.43. The number of carbonyl (C=O) groups is 1. The molecule has 2 aromatic carbocycles. The smallest absolute Gasteiger partial charge is 0.416 e. The van der Waals surface area contributed by atoms with Crippen LogP contribution in [-0.2, 0) is 15.7 Å². The maximum atomic E-state index is 14.5. The van der Waals surface area contributed by atoms with Crippen molar-refractivity contribution < 1.29 is 36.9 Å². The van der Waals surface area contributed by atoms with Crippen LogP contribution in [0, 0.1) is 11.2 Å². The van der Waals surface area contributed by atoms with Crippen LogP contribution in [0.3, 0.4) is 0 Å². The number of rotatable bonds is 12. The number of aromatic amines is 1. The first-order valence-corrected chi connectivity index (χ1v) is 16.1. The quantitative estimate of drug-likeness (QED) is 0.155. The van der Waals surface area contributed by atoms with Crippen molar-refractivity contribution in [2.24, 2.45) is 5.41 Å². The summed E-state index contributed by atoms with van der Waals surface area (Å²) in [5, 5.41) is 8.93. The number of alkyl halides is 3. The third-order valence-electron chi connectivity index (χ3n) is 9.42. The minimum atomic E-state index is -4.72. The van der Waals surface area contributed by atoms with Gasteiger partial charge in [-0.15, -0.1) is 0 Å². The number of imidazole rings is 1. The van der Waals surface area contributed by atoms with Crippen molar-refractivity contribution in [2.75, 3.05) is 51.8 Å². The Morgan fingerprint density at radius 3 is 2.44 bits per heavy atom. The van der Waals surface area contributed by atoms with E-state index in [9.17, 15) is 22.4 Å². The Morgan fingerprint density at radius 2 is 1.81 bits per heavy atom. The third-order valence-corrected chi connectivity index (χ3v) is 9.42. The first-order valence-electron chi connectivity index (χ1n) is 16.1.